The number of aliphatic hydroxyl groups excluding tert-OH is 1. The third kappa shape index (κ3) is 8.23. The predicted octanol–water partition coefficient (Wildman–Crippen LogP) is 8.18. The number of benzene rings is 3. The van der Waals surface area contributed by atoms with E-state index in [1.165, 1.54) is 5.56 Å². The molecule has 4 rings (SSSR count). The predicted molar refractivity (Wildman–Crippen MR) is 162 cm³/mol. The third-order valence-electron chi connectivity index (χ3n) is 7.55. The van der Waals surface area contributed by atoms with Crippen LogP contribution >= 0.6 is 0 Å². The molecule has 1 atom stereocenters. The maximum Gasteiger partial charge on any atom is 0.414 e. The SMILES string of the molecule is CCCC1(CCc2ccccc2)CC(O)=C(CC(C)(C)CN(C(=O)OCc2ccccc2)c2ccccc2)C(=O)O1. The summed E-state index contributed by atoms with van der Waals surface area (Å²) >= 11 is 0. The molecule has 0 bridgehead atoms. The minimum absolute atomic E-state index is 0.0914. The Labute approximate surface area is 243 Å². The molecule has 41 heavy (non-hydrogen) atoms. The Morgan fingerprint density at radius 1 is 0.927 bits per heavy atom. The minimum atomic E-state index is -0.725. The molecule has 1 N–H and O–H groups in total. The summed E-state index contributed by atoms with van der Waals surface area (Å²) in [5.41, 5.74) is 1.76. The van der Waals surface area contributed by atoms with Gasteiger partial charge in [0, 0.05) is 18.7 Å². The largest absolute Gasteiger partial charge is 0.512 e. The topological polar surface area (TPSA) is 76.1 Å². The number of amides is 1. The van der Waals surface area contributed by atoms with E-state index in [-0.39, 0.29) is 30.9 Å². The molecule has 0 fully saturated rings. The van der Waals surface area contributed by atoms with Gasteiger partial charge in [0.25, 0.3) is 0 Å². The van der Waals surface area contributed by atoms with Gasteiger partial charge in [0.1, 0.15) is 18.0 Å². The van der Waals surface area contributed by atoms with Crippen LogP contribution < -0.4 is 4.90 Å². The molecule has 0 saturated carbocycles. The molecular weight excluding hydrogens is 514 g/mol. The fraction of sp³-hybridized carbons (Fsp3) is 0.371. The van der Waals surface area contributed by atoms with E-state index < -0.39 is 23.1 Å². The van der Waals surface area contributed by atoms with Crippen LogP contribution in [0.5, 0.6) is 0 Å². The fourth-order valence-electron chi connectivity index (χ4n) is 5.50. The lowest BCUT2D eigenvalue weighted by Crippen LogP contribution is -2.43. The average Bonchev–Trinajstić information content (AvgIpc) is 2.97. The van der Waals surface area contributed by atoms with Crippen LogP contribution in [0.1, 0.15) is 64.0 Å². The first-order valence-corrected chi connectivity index (χ1v) is 14.4. The molecule has 1 heterocycles. The maximum absolute atomic E-state index is 13.4. The summed E-state index contributed by atoms with van der Waals surface area (Å²) in [5, 5.41) is 11.2. The Kier molecular flexibility index (Phi) is 9.87. The molecule has 1 unspecified atom stereocenters. The van der Waals surface area contributed by atoms with Crippen molar-refractivity contribution >= 4 is 17.7 Å². The van der Waals surface area contributed by atoms with Crippen LogP contribution in [0, 0.1) is 5.41 Å². The summed E-state index contributed by atoms with van der Waals surface area (Å²) in [5.74, 6) is -0.380. The van der Waals surface area contributed by atoms with Crippen LogP contribution in [-0.4, -0.2) is 29.3 Å². The van der Waals surface area contributed by atoms with E-state index in [4.69, 9.17) is 9.47 Å². The molecular formula is C35H41NO5. The van der Waals surface area contributed by atoms with Crippen molar-refractivity contribution in [3.63, 3.8) is 0 Å². The first-order valence-electron chi connectivity index (χ1n) is 14.4. The van der Waals surface area contributed by atoms with Crippen molar-refractivity contribution in [2.45, 2.75) is 71.5 Å². The van der Waals surface area contributed by atoms with Crippen molar-refractivity contribution in [1.29, 1.82) is 0 Å². The van der Waals surface area contributed by atoms with E-state index in [9.17, 15) is 14.7 Å². The van der Waals surface area contributed by atoms with Crippen molar-refractivity contribution in [3.8, 4) is 0 Å². The number of aryl methyl sites for hydroxylation is 1. The average molecular weight is 556 g/mol. The number of nitrogens with zero attached hydrogens (tertiary/aromatic N) is 1. The van der Waals surface area contributed by atoms with E-state index >= 15 is 0 Å². The number of esters is 1. The number of para-hydroxylation sites is 1. The minimum Gasteiger partial charge on any atom is -0.512 e. The quantitative estimate of drug-likeness (QED) is 0.228. The Bertz CT molecular complexity index is 1320. The lowest BCUT2D eigenvalue weighted by Gasteiger charge is -2.39. The lowest BCUT2D eigenvalue weighted by molar-refractivity contribution is -0.161. The summed E-state index contributed by atoms with van der Waals surface area (Å²) in [7, 11) is 0. The molecule has 0 saturated heterocycles. The van der Waals surface area contributed by atoms with Crippen molar-refractivity contribution in [3.05, 3.63) is 113 Å². The van der Waals surface area contributed by atoms with E-state index in [1.54, 1.807) is 4.90 Å². The first-order chi connectivity index (χ1) is 19.7. The van der Waals surface area contributed by atoms with Gasteiger partial charge in [0.05, 0.1) is 5.57 Å². The smallest absolute Gasteiger partial charge is 0.414 e. The second-order valence-corrected chi connectivity index (χ2v) is 11.7. The molecule has 6 nitrogen and oxygen atoms in total. The summed E-state index contributed by atoms with van der Waals surface area (Å²) in [6.45, 7) is 6.45. The Balaban J connectivity index is 1.49. The Hall–Kier alpha value is -4.06. The number of hydrogen-bond acceptors (Lipinski definition) is 5. The zero-order valence-electron chi connectivity index (χ0n) is 24.3. The van der Waals surface area contributed by atoms with Crippen LogP contribution in [0.2, 0.25) is 0 Å². The third-order valence-corrected chi connectivity index (χ3v) is 7.55. The summed E-state index contributed by atoms with van der Waals surface area (Å²) < 4.78 is 11.8. The van der Waals surface area contributed by atoms with Gasteiger partial charge < -0.3 is 14.6 Å². The number of anilines is 1. The molecule has 0 spiro atoms. The van der Waals surface area contributed by atoms with Gasteiger partial charge in [-0.05, 0) is 54.4 Å². The molecule has 1 aliphatic rings. The summed E-state index contributed by atoms with van der Waals surface area (Å²) in [6, 6.07) is 29.0. The molecule has 1 aliphatic heterocycles. The van der Waals surface area contributed by atoms with Gasteiger partial charge in [0.2, 0.25) is 0 Å². The molecule has 1 amide bonds. The molecule has 0 radical (unpaired) electrons. The second kappa shape index (κ2) is 13.5. The van der Waals surface area contributed by atoms with Crippen LogP contribution in [0.4, 0.5) is 10.5 Å². The van der Waals surface area contributed by atoms with Gasteiger partial charge >= 0.3 is 12.1 Å². The molecule has 3 aromatic rings. The van der Waals surface area contributed by atoms with Gasteiger partial charge in [-0.2, -0.15) is 0 Å². The fourth-order valence-corrected chi connectivity index (χ4v) is 5.50. The van der Waals surface area contributed by atoms with E-state index in [2.05, 4.69) is 19.1 Å². The van der Waals surface area contributed by atoms with Crippen LogP contribution in [0.3, 0.4) is 0 Å². The van der Waals surface area contributed by atoms with Crippen LogP contribution in [0.25, 0.3) is 0 Å². The zero-order chi connectivity index (χ0) is 29.3. The Morgan fingerprint density at radius 3 is 2.10 bits per heavy atom. The summed E-state index contributed by atoms with van der Waals surface area (Å²) in [4.78, 5) is 28.3. The maximum atomic E-state index is 13.4. The van der Waals surface area contributed by atoms with Crippen LogP contribution in [-0.2, 0) is 27.3 Å². The van der Waals surface area contributed by atoms with Gasteiger partial charge in [0.15, 0.2) is 0 Å². The molecule has 0 aromatic heterocycles. The van der Waals surface area contributed by atoms with E-state index in [1.807, 2.05) is 92.7 Å². The van der Waals surface area contributed by atoms with Crippen LogP contribution in [0.15, 0.2) is 102 Å². The van der Waals surface area contributed by atoms with Crippen molar-refractivity contribution in [1.82, 2.24) is 0 Å². The standard InChI is InChI=1S/C35H41NO5/c1-4-21-35(22-20-27-14-8-5-9-15-27)24-31(37)30(32(38)41-35)23-34(2,3)26-36(29-18-12-7-13-19-29)33(39)40-25-28-16-10-6-11-17-28/h5-19,37H,4,20-26H2,1-3H3. The second-order valence-electron chi connectivity index (χ2n) is 11.7. The van der Waals surface area contributed by atoms with Gasteiger partial charge in [-0.3, -0.25) is 4.90 Å². The van der Waals surface area contributed by atoms with Crippen molar-refractivity contribution in [2.75, 3.05) is 11.4 Å². The highest BCUT2D eigenvalue weighted by Gasteiger charge is 2.42. The number of hydrogen-bond donors (Lipinski definition) is 1. The van der Waals surface area contributed by atoms with Gasteiger partial charge in [-0.15, -0.1) is 0 Å². The lowest BCUT2D eigenvalue weighted by atomic mass is 9.79. The first kappa shape index (κ1) is 29.9. The monoisotopic (exact) mass is 555 g/mol. The molecule has 3 aromatic carbocycles. The molecule has 216 valence electrons. The number of aliphatic hydroxyl groups is 1. The molecule has 0 aliphatic carbocycles. The molecule has 6 heteroatoms. The normalized spacial score (nSPS) is 17.2. The summed E-state index contributed by atoms with van der Waals surface area (Å²) in [6.07, 6.45) is 3.01. The number of cyclic esters (lactones) is 1. The number of carbonyl (C=O) groups is 2. The number of carbonyl (C=O) groups excluding carboxylic acids is 2. The van der Waals surface area contributed by atoms with E-state index in [0.29, 0.717) is 24.9 Å². The van der Waals surface area contributed by atoms with Gasteiger partial charge in [-0.1, -0.05) is 106 Å². The highest BCUT2D eigenvalue weighted by Crippen LogP contribution is 2.40. The highest BCUT2D eigenvalue weighted by molar-refractivity contribution is 5.91. The van der Waals surface area contributed by atoms with Gasteiger partial charge in [-0.25, -0.2) is 9.59 Å². The van der Waals surface area contributed by atoms with Crippen molar-refractivity contribution < 1.29 is 24.2 Å². The number of rotatable bonds is 12. The van der Waals surface area contributed by atoms with E-state index in [0.717, 1.165) is 18.4 Å². The van der Waals surface area contributed by atoms with Crippen molar-refractivity contribution in [2.24, 2.45) is 5.41 Å². The Morgan fingerprint density at radius 2 is 1.51 bits per heavy atom. The highest BCUT2D eigenvalue weighted by atomic mass is 16.6. The number of ether oxygens (including phenoxy) is 2. The zero-order valence-corrected chi connectivity index (χ0v) is 24.3.